The van der Waals surface area contributed by atoms with E-state index in [1.807, 2.05) is 13.0 Å². The topological polar surface area (TPSA) is 63.5 Å². The van der Waals surface area contributed by atoms with E-state index in [9.17, 15) is 14.4 Å². The first-order valence-electron chi connectivity index (χ1n) is 9.45. The van der Waals surface area contributed by atoms with Crippen molar-refractivity contribution in [3.05, 3.63) is 59.5 Å². The average Bonchev–Trinajstić information content (AvgIpc) is 2.72. The number of likely N-dealkylation sites (N-methyl/N-ethyl adjacent to an activating group) is 1. The fourth-order valence-corrected chi connectivity index (χ4v) is 3.38. The zero-order chi connectivity index (χ0) is 19.9. The molecule has 0 aliphatic carbocycles. The Bertz CT molecular complexity index is 858. The van der Waals surface area contributed by atoms with Gasteiger partial charge in [0.1, 0.15) is 17.7 Å². The predicted octanol–water partition coefficient (Wildman–Crippen LogP) is 2.26. The molecule has 0 saturated carbocycles. The number of halogens is 1. The summed E-state index contributed by atoms with van der Waals surface area (Å²) in [6, 6.07) is 12.1. The molecule has 0 spiro atoms. The van der Waals surface area contributed by atoms with Crippen molar-refractivity contribution >= 4 is 11.7 Å². The van der Waals surface area contributed by atoms with Crippen molar-refractivity contribution in [2.24, 2.45) is 0 Å². The average molecular weight is 381 g/mol. The fourth-order valence-electron chi connectivity index (χ4n) is 3.38. The molecule has 1 saturated heterocycles. The van der Waals surface area contributed by atoms with Crippen molar-refractivity contribution in [1.82, 2.24) is 14.8 Å². The van der Waals surface area contributed by atoms with Gasteiger partial charge in [-0.2, -0.15) is 5.26 Å². The lowest BCUT2D eigenvalue weighted by Crippen LogP contribution is -2.50. The van der Waals surface area contributed by atoms with Crippen molar-refractivity contribution in [3.8, 4) is 6.07 Å². The number of aromatic nitrogens is 1. The second-order valence-corrected chi connectivity index (χ2v) is 6.79. The van der Waals surface area contributed by atoms with Crippen molar-refractivity contribution < 1.29 is 9.18 Å². The van der Waals surface area contributed by atoms with Crippen molar-refractivity contribution in [2.75, 3.05) is 44.2 Å². The van der Waals surface area contributed by atoms with Crippen LogP contribution in [0.15, 0.2) is 42.6 Å². The van der Waals surface area contributed by atoms with Gasteiger partial charge in [0.25, 0.3) is 0 Å². The molecule has 0 unspecified atom stereocenters. The molecular formula is C21H24FN5O. The van der Waals surface area contributed by atoms with Gasteiger partial charge in [-0.3, -0.25) is 9.69 Å². The van der Waals surface area contributed by atoms with Gasteiger partial charge in [0, 0.05) is 45.5 Å². The molecular weight excluding hydrogens is 357 g/mol. The summed E-state index contributed by atoms with van der Waals surface area (Å²) in [5.41, 5.74) is 1.36. The van der Waals surface area contributed by atoms with E-state index in [2.05, 4.69) is 20.9 Å². The Morgan fingerprint density at radius 2 is 2.04 bits per heavy atom. The molecule has 1 aliphatic rings. The van der Waals surface area contributed by atoms with E-state index < -0.39 is 0 Å². The molecule has 0 atom stereocenters. The van der Waals surface area contributed by atoms with E-state index in [0.29, 0.717) is 31.0 Å². The summed E-state index contributed by atoms with van der Waals surface area (Å²) in [5, 5.41) is 9.25. The Morgan fingerprint density at radius 1 is 1.25 bits per heavy atom. The van der Waals surface area contributed by atoms with Crippen LogP contribution in [0.25, 0.3) is 0 Å². The third kappa shape index (κ3) is 4.84. The SMILES string of the molecule is CCN(Cc1cccc(F)c1)C(=O)CN1CCN(c2ncccc2C#N)CC1. The van der Waals surface area contributed by atoms with Crippen LogP contribution in [-0.4, -0.2) is 60.0 Å². The number of piperazine rings is 1. The van der Waals surface area contributed by atoms with Crippen LogP contribution in [0.4, 0.5) is 10.2 Å². The molecule has 1 aromatic heterocycles. The van der Waals surface area contributed by atoms with Gasteiger partial charge in [0.15, 0.2) is 0 Å². The van der Waals surface area contributed by atoms with Crippen molar-refractivity contribution in [3.63, 3.8) is 0 Å². The second kappa shape index (κ2) is 9.29. The molecule has 7 heteroatoms. The molecule has 0 radical (unpaired) electrons. The van der Waals surface area contributed by atoms with Gasteiger partial charge in [-0.25, -0.2) is 9.37 Å². The molecule has 1 aromatic carbocycles. The highest BCUT2D eigenvalue weighted by molar-refractivity contribution is 5.78. The van der Waals surface area contributed by atoms with E-state index >= 15 is 0 Å². The largest absolute Gasteiger partial charge is 0.353 e. The molecule has 1 fully saturated rings. The maximum atomic E-state index is 13.4. The number of hydrogen-bond acceptors (Lipinski definition) is 5. The van der Waals surface area contributed by atoms with Crippen molar-refractivity contribution in [1.29, 1.82) is 5.26 Å². The minimum atomic E-state index is -0.289. The summed E-state index contributed by atoms with van der Waals surface area (Å²) in [6.45, 7) is 6.14. The Labute approximate surface area is 164 Å². The molecule has 1 aliphatic heterocycles. The van der Waals surface area contributed by atoms with E-state index in [1.54, 1.807) is 29.3 Å². The summed E-state index contributed by atoms with van der Waals surface area (Å²) in [7, 11) is 0. The molecule has 0 bridgehead atoms. The summed E-state index contributed by atoms with van der Waals surface area (Å²) in [4.78, 5) is 23.0. The first-order valence-corrected chi connectivity index (χ1v) is 9.45. The van der Waals surface area contributed by atoms with Gasteiger partial charge in [0.2, 0.25) is 5.91 Å². The zero-order valence-corrected chi connectivity index (χ0v) is 16.0. The Kier molecular flexibility index (Phi) is 6.56. The van der Waals surface area contributed by atoms with Crippen LogP contribution >= 0.6 is 0 Å². The van der Waals surface area contributed by atoms with Crippen LogP contribution in [0.5, 0.6) is 0 Å². The van der Waals surface area contributed by atoms with Crippen LogP contribution in [0, 0.1) is 17.1 Å². The lowest BCUT2D eigenvalue weighted by Gasteiger charge is -2.36. The highest BCUT2D eigenvalue weighted by Crippen LogP contribution is 2.18. The number of pyridine rings is 1. The Morgan fingerprint density at radius 3 is 2.71 bits per heavy atom. The van der Waals surface area contributed by atoms with Crippen LogP contribution in [-0.2, 0) is 11.3 Å². The fraction of sp³-hybridized carbons (Fsp3) is 0.381. The third-order valence-electron chi connectivity index (χ3n) is 4.93. The van der Waals surface area contributed by atoms with E-state index in [4.69, 9.17) is 0 Å². The van der Waals surface area contributed by atoms with E-state index in [1.165, 1.54) is 12.1 Å². The molecule has 6 nitrogen and oxygen atoms in total. The smallest absolute Gasteiger partial charge is 0.237 e. The number of benzene rings is 1. The highest BCUT2D eigenvalue weighted by atomic mass is 19.1. The van der Waals surface area contributed by atoms with Gasteiger partial charge < -0.3 is 9.80 Å². The maximum absolute atomic E-state index is 13.4. The van der Waals surface area contributed by atoms with Gasteiger partial charge in [0.05, 0.1) is 12.1 Å². The van der Waals surface area contributed by atoms with Crippen LogP contribution < -0.4 is 4.90 Å². The summed E-state index contributed by atoms with van der Waals surface area (Å²) < 4.78 is 13.4. The number of rotatable bonds is 6. The van der Waals surface area contributed by atoms with Crippen molar-refractivity contribution in [2.45, 2.75) is 13.5 Å². The zero-order valence-electron chi connectivity index (χ0n) is 16.0. The predicted molar refractivity (Wildman–Crippen MR) is 105 cm³/mol. The first-order chi connectivity index (χ1) is 13.6. The molecule has 146 valence electrons. The molecule has 2 heterocycles. The Hall–Kier alpha value is -2.98. The molecule has 28 heavy (non-hydrogen) atoms. The number of carbonyl (C=O) groups is 1. The van der Waals surface area contributed by atoms with E-state index in [-0.39, 0.29) is 11.7 Å². The first kappa shape index (κ1) is 19.8. The van der Waals surface area contributed by atoms with Crippen LogP contribution in [0.2, 0.25) is 0 Å². The highest BCUT2D eigenvalue weighted by Gasteiger charge is 2.23. The maximum Gasteiger partial charge on any atom is 0.237 e. The minimum Gasteiger partial charge on any atom is -0.353 e. The normalized spacial score (nSPS) is 14.5. The van der Waals surface area contributed by atoms with Crippen LogP contribution in [0.3, 0.4) is 0 Å². The number of nitriles is 1. The number of hydrogen-bond donors (Lipinski definition) is 0. The summed E-state index contributed by atoms with van der Waals surface area (Å²) in [6.07, 6.45) is 1.69. The number of amides is 1. The van der Waals surface area contributed by atoms with Gasteiger partial charge >= 0.3 is 0 Å². The molecule has 0 N–H and O–H groups in total. The second-order valence-electron chi connectivity index (χ2n) is 6.79. The monoisotopic (exact) mass is 381 g/mol. The standard InChI is InChI=1S/C21H24FN5O/c1-2-26(15-17-5-3-7-19(22)13-17)20(28)16-25-9-11-27(12-10-25)21-18(14-23)6-4-8-24-21/h3-8,13H,2,9-12,15-16H2,1H3. The molecule has 2 aromatic rings. The number of anilines is 1. The third-order valence-corrected chi connectivity index (χ3v) is 4.93. The lowest BCUT2D eigenvalue weighted by atomic mass is 10.2. The molecule has 1 amide bonds. The van der Waals surface area contributed by atoms with E-state index in [0.717, 1.165) is 31.7 Å². The molecule has 3 rings (SSSR count). The van der Waals surface area contributed by atoms with Gasteiger partial charge in [-0.1, -0.05) is 12.1 Å². The Balaban J connectivity index is 1.54. The summed E-state index contributed by atoms with van der Waals surface area (Å²) >= 11 is 0. The number of nitrogens with zero attached hydrogens (tertiary/aromatic N) is 5. The van der Waals surface area contributed by atoms with Gasteiger partial charge in [-0.05, 0) is 36.8 Å². The lowest BCUT2D eigenvalue weighted by molar-refractivity contribution is -0.132. The minimum absolute atomic E-state index is 0.0377. The quantitative estimate of drug-likeness (QED) is 0.768. The summed E-state index contributed by atoms with van der Waals surface area (Å²) in [5.74, 6) is 0.455. The number of carbonyl (C=O) groups excluding carboxylic acids is 1. The van der Waals surface area contributed by atoms with Crippen LogP contribution in [0.1, 0.15) is 18.1 Å². The van der Waals surface area contributed by atoms with Gasteiger partial charge in [-0.15, -0.1) is 0 Å².